The molecule has 0 saturated carbocycles. The van der Waals surface area contributed by atoms with Crippen LogP contribution in [0.1, 0.15) is 13.3 Å². The van der Waals surface area contributed by atoms with Gasteiger partial charge in [-0.25, -0.2) is 0 Å². The summed E-state index contributed by atoms with van der Waals surface area (Å²) >= 11 is 2.08. The number of hydrogen-bond acceptors (Lipinski definition) is 8. The Kier molecular flexibility index (Phi) is 4.01. The van der Waals surface area contributed by atoms with E-state index in [0.717, 1.165) is 0 Å². The fourth-order valence-corrected chi connectivity index (χ4v) is 1.35. The summed E-state index contributed by atoms with van der Waals surface area (Å²) in [7, 11) is 0. The first-order valence-electron chi connectivity index (χ1n) is 3.75. The molecule has 0 amide bonds. The highest BCUT2D eigenvalue weighted by molar-refractivity contribution is 9.09. The molecule has 17 heavy (non-hydrogen) atoms. The van der Waals surface area contributed by atoms with Crippen molar-refractivity contribution < 1.29 is 19.7 Å². The van der Waals surface area contributed by atoms with E-state index >= 15 is 0 Å². The number of hydrogen-bond donors (Lipinski definition) is 0. The lowest BCUT2D eigenvalue weighted by Gasteiger charge is -2.15. The molecule has 0 N–H and O–H groups in total. The van der Waals surface area contributed by atoms with Gasteiger partial charge in [0.25, 0.3) is 0 Å². The van der Waals surface area contributed by atoms with Gasteiger partial charge in [-0.15, -0.1) is 0 Å². The van der Waals surface area contributed by atoms with Gasteiger partial charge in [0.15, 0.2) is 0 Å². The van der Waals surface area contributed by atoms with Crippen LogP contribution in [0.3, 0.4) is 0 Å². The Hall–Kier alpha value is -1.92. The van der Waals surface area contributed by atoms with Crippen molar-refractivity contribution in [3.63, 3.8) is 0 Å². The third-order valence-corrected chi connectivity index (χ3v) is 2.77. The predicted octanol–water partition coefficient (Wildman–Crippen LogP) is 0.248. The number of halogens is 1. The van der Waals surface area contributed by atoms with E-state index in [-0.39, 0.29) is 0 Å². The minimum Gasteiger partial charge on any atom is -0.258 e. The molecule has 0 rings (SSSR count). The Balaban J connectivity index is 5.53. The molecule has 13 heteroatoms. The molecule has 12 nitrogen and oxygen atoms in total. The normalized spacial score (nSPS) is 11.9. The summed E-state index contributed by atoms with van der Waals surface area (Å²) in [5.74, 6) is 0. The lowest BCUT2D eigenvalue weighted by Crippen LogP contribution is -2.53. The summed E-state index contributed by atoms with van der Waals surface area (Å²) in [6, 6.07) is 0. The SMILES string of the molecule is CC(CC(Br)([N+](=O)[O-])[N+](=O)[O-])([N+](=O)[O-])[N+](=O)[O-]. The van der Waals surface area contributed by atoms with Crippen molar-refractivity contribution in [2.45, 2.75) is 23.6 Å². The van der Waals surface area contributed by atoms with Crippen molar-refractivity contribution >= 4 is 15.9 Å². The number of alkyl halides is 1. The van der Waals surface area contributed by atoms with Gasteiger partial charge >= 0.3 is 10.2 Å². The Morgan fingerprint density at radius 2 is 1.18 bits per heavy atom. The van der Waals surface area contributed by atoms with Crippen molar-refractivity contribution in [3.8, 4) is 0 Å². The first-order valence-corrected chi connectivity index (χ1v) is 4.54. The first-order chi connectivity index (χ1) is 7.48. The summed E-state index contributed by atoms with van der Waals surface area (Å²) in [5.41, 5.74) is -3.04. The van der Waals surface area contributed by atoms with Crippen LogP contribution in [0.25, 0.3) is 0 Å². The highest BCUT2D eigenvalue weighted by atomic mass is 79.9. The van der Waals surface area contributed by atoms with Crippen molar-refractivity contribution in [3.05, 3.63) is 40.5 Å². The van der Waals surface area contributed by atoms with E-state index in [4.69, 9.17) is 0 Å². The van der Waals surface area contributed by atoms with Gasteiger partial charge in [-0.2, -0.15) is 0 Å². The van der Waals surface area contributed by atoms with Gasteiger partial charge in [-0.05, 0) is 0 Å². The topological polar surface area (TPSA) is 173 Å². The molecule has 0 bridgehead atoms. The van der Waals surface area contributed by atoms with Crippen LogP contribution < -0.4 is 0 Å². The third kappa shape index (κ3) is 2.61. The number of nitrogens with zero attached hydrogens (tertiary/aromatic N) is 4. The molecule has 0 spiro atoms. The van der Waals surface area contributed by atoms with Crippen LogP contribution in [-0.4, -0.2) is 29.9 Å². The van der Waals surface area contributed by atoms with E-state index in [1.807, 2.05) is 0 Å². The van der Waals surface area contributed by atoms with E-state index in [9.17, 15) is 40.5 Å². The Bertz CT molecular complexity index is 331. The zero-order chi connectivity index (χ0) is 14.0. The summed E-state index contributed by atoms with van der Waals surface area (Å²) in [6.07, 6.45) is -1.54. The average Bonchev–Trinajstić information content (AvgIpc) is 2.15. The minimum atomic E-state index is -3.18. The van der Waals surface area contributed by atoms with E-state index in [1.165, 1.54) is 0 Å². The molecular weight excluding hydrogens is 312 g/mol. The lowest BCUT2D eigenvalue weighted by molar-refractivity contribution is -0.826. The van der Waals surface area contributed by atoms with E-state index in [0.29, 0.717) is 6.92 Å². The standard InChI is InChI=1S/C4H5BrN4O8/c1-3(6(10)11,7(12)13)2-4(5,8(14)15)9(16)17/h2H2,1H3. The molecular formula is C4H5BrN4O8. The van der Waals surface area contributed by atoms with Gasteiger partial charge in [-0.3, -0.25) is 40.5 Å². The average molecular weight is 317 g/mol. The summed E-state index contributed by atoms with van der Waals surface area (Å²) in [6.45, 7) is 0.454. The Labute approximate surface area is 100 Å². The van der Waals surface area contributed by atoms with Crippen molar-refractivity contribution in [1.29, 1.82) is 0 Å². The van der Waals surface area contributed by atoms with E-state index in [1.54, 1.807) is 0 Å². The summed E-state index contributed by atoms with van der Waals surface area (Å²) < 4.78 is -3.18. The van der Waals surface area contributed by atoms with Crippen LogP contribution in [-0.2, 0) is 0 Å². The molecule has 0 unspecified atom stereocenters. The second-order valence-corrected chi connectivity index (χ2v) is 4.41. The summed E-state index contributed by atoms with van der Waals surface area (Å²) in [5, 5.41) is 41.9. The molecule has 96 valence electrons. The zero-order valence-corrected chi connectivity index (χ0v) is 9.73. The lowest BCUT2D eigenvalue weighted by atomic mass is 10.1. The summed E-state index contributed by atoms with van der Waals surface area (Å²) in [4.78, 5) is 36.1. The largest absolute Gasteiger partial charge is 0.525 e. The first kappa shape index (κ1) is 15.1. The Morgan fingerprint density at radius 1 is 0.882 bits per heavy atom. The molecule has 0 fully saturated rings. The molecule has 0 aliphatic carbocycles. The molecule has 0 saturated heterocycles. The molecule has 0 aliphatic heterocycles. The second kappa shape index (κ2) is 4.52. The van der Waals surface area contributed by atoms with E-state index < -0.39 is 36.3 Å². The highest BCUT2D eigenvalue weighted by Crippen LogP contribution is 2.32. The predicted molar refractivity (Wildman–Crippen MR) is 52.7 cm³/mol. The number of nitro groups is 4. The molecule has 0 heterocycles. The van der Waals surface area contributed by atoms with Gasteiger partial charge in [0.1, 0.15) is 9.85 Å². The maximum Gasteiger partial charge on any atom is 0.525 e. The molecule has 0 aromatic rings. The Morgan fingerprint density at radius 3 is 1.35 bits per heavy atom. The van der Waals surface area contributed by atoms with Crippen LogP contribution in [0, 0.1) is 40.5 Å². The van der Waals surface area contributed by atoms with Crippen LogP contribution in [0.5, 0.6) is 0 Å². The fraction of sp³-hybridized carbons (Fsp3) is 1.00. The van der Waals surface area contributed by atoms with Gasteiger partial charge in [0.2, 0.25) is 6.42 Å². The van der Waals surface area contributed by atoms with Crippen LogP contribution in [0.2, 0.25) is 0 Å². The van der Waals surface area contributed by atoms with Crippen molar-refractivity contribution in [1.82, 2.24) is 0 Å². The minimum absolute atomic E-state index is 0.454. The molecule has 0 aliphatic rings. The van der Waals surface area contributed by atoms with E-state index in [2.05, 4.69) is 15.9 Å². The molecule has 0 radical (unpaired) electrons. The second-order valence-electron chi connectivity index (χ2n) is 3.14. The van der Waals surface area contributed by atoms with Crippen LogP contribution in [0.4, 0.5) is 0 Å². The zero-order valence-electron chi connectivity index (χ0n) is 8.14. The maximum absolute atomic E-state index is 10.5. The molecule has 0 atom stereocenters. The van der Waals surface area contributed by atoms with Gasteiger partial charge in [0.05, 0.1) is 32.7 Å². The van der Waals surface area contributed by atoms with Crippen LogP contribution in [0.15, 0.2) is 0 Å². The van der Waals surface area contributed by atoms with Gasteiger partial charge in [0, 0.05) is 0 Å². The van der Waals surface area contributed by atoms with Gasteiger partial charge in [-0.1, -0.05) is 0 Å². The number of rotatable bonds is 6. The fourth-order valence-electron chi connectivity index (χ4n) is 0.818. The molecule has 0 aromatic carbocycles. The van der Waals surface area contributed by atoms with Crippen molar-refractivity contribution in [2.24, 2.45) is 0 Å². The maximum atomic E-state index is 10.5. The smallest absolute Gasteiger partial charge is 0.258 e. The third-order valence-electron chi connectivity index (χ3n) is 1.91. The quantitative estimate of drug-likeness (QED) is 0.220. The monoisotopic (exact) mass is 316 g/mol. The van der Waals surface area contributed by atoms with Crippen molar-refractivity contribution in [2.75, 3.05) is 0 Å². The highest BCUT2D eigenvalue weighted by Gasteiger charge is 2.68. The van der Waals surface area contributed by atoms with Crippen LogP contribution >= 0.6 is 15.9 Å². The molecule has 0 aromatic heterocycles. The van der Waals surface area contributed by atoms with Gasteiger partial charge < -0.3 is 0 Å².